The van der Waals surface area contributed by atoms with Crippen molar-refractivity contribution in [3.8, 4) is 0 Å². The van der Waals surface area contributed by atoms with E-state index in [9.17, 15) is 9.59 Å². The topological polar surface area (TPSA) is 61.9 Å². The number of ether oxygens (including phenoxy) is 1. The first kappa shape index (κ1) is 16.2. The van der Waals surface area contributed by atoms with Gasteiger partial charge < -0.3 is 19.9 Å². The van der Waals surface area contributed by atoms with E-state index in [-0.39, 0.29) is 17.9 Å². The number of amides is 2. The lowest BCUT2D eigenvalue weighted by Crippen LogP contribution is -2.55. The van der Waals surface area contributed by atoms with Crippen molar-refractivity contribution >= 4 is 29.1 Å². The number of anilines is 1. The van der Waals surface area contributed by atoms with Crippen molar-refractivity contribution in [2.75, 3.05) is 38.3 Å². The lowest BCUT2D eigenvalue weighted by Gasteiger charge is -2.30. The number of halogens is 1. The number of rotatable bonds is 3. The van der Waals surface area contributed by atoms with E-state index in [4.69, 9.17) is 16.3 Å². The number of morpholine rings is 1. The summed E-state index contributed by atoms with van der Waals surface area (Å²) >= 11 is 6.18. The van der Waals surface area contributed by atoms with Crippen molar-refractivity contribution in [2.24, 2.45) is 0 Å². The highest BCUT2D eigenvalue weighted by Gasteiger charge is 2.39. The van der Waals surface area contributed by atoms with Gasteiger partial charge >= 0.3 is 0 Å². The third-order valence-corrected chi connectivity index (χ3v) is 4.67. The Morgan fingerprint density at radius 1 is 1.43 bits per heavy atom. The van der Waals surface area contributed by atoms with Gasteiger partial charge in [-0.15, -0.1) is 0 Å². The van der Waals surface area contributed by atoms with Gasteiger partial charge in [-0.25, -0.2) is 0 Å². The molecule has 2 aliphatic heterocycles. The molecule has 2 unspecified atom stereocenters. The Bertz CT molecular complexity index is 604. The SMILES string of the molecule is CN(C(=O)C1COCCN1)C1CCN(c2ccccc2Cl)C1=O. The van der Waals surface area contributed by atoms with E-state index >= 15 is 0 Å². The first-order valence-corrected chi connectivity index (χ1v) is 8.11. The summed E-state index contributed by atoms with van der Waals surface area (Å²) in [5.41, 5.74) is 0.696. The van der Waals surface area contributed by atoms with Crippen molar-refractivity contribution in [1.29, 1.82) is 0 Å². The van der Waals surface area contributed by atoms with Crippen LogP contribution in [-0.4, -0.2) is 62.1 Å². The van der Waals surface area contributed by atoms with Gasteiger partial charge in [0.05, 0.1) is 23.9 Å². The molecule has 2 fully saturated rings. The number of benzene rings is 1. The second kappa shape index (κ2) is 6.86. The quantitative estimate of drug-likeness (QED) is 0.890. The molecule has 23 heavy (non-hydrogen) atoms. The van der Waals surface area contributed by atoms with Gasteiger partial charge in [0, 0.05) is 20.1 Å². The van der Waals surface area contributed by atoms with Gasteiger partial charge in [0.2, 0.25) is 11.8 Å². The van der Waals surface area contributed by atoms with Crippen molar-refractivity contribution in [1.82, 2.24) is 10.2 Å². The summed E-state index contributed by atoms with van der Waals surface area (Å²) < 4.78 is 5.33. The van der Waals surface area contributed by atoms with Gasteiger partial charge in [-0.05, 0) is 18.6 Å². The van der Waals surface area contributed by atoms with Crippen molar-refractivity contribution in [3.63, 3.8) is 0 Å². The zero-order chi connectivity index (χ0) is 16.4. The van der Waals surface area contributed by atoms with Gasteiger partial charge in [0.1, 0.15) is 12.1 Å². The van der Waals surface area contributed by atoms with E-state index in [1.807, 2.05) is 18.2 Å². The first-order chi connectivity index (χ1) is 11.1. The minimum Gasteiger partial charge on any atom is -0.378 e. The fraction of sp³-hybridized carbons (Fsp3) is 0.500. The molecule has 124 valence electrons. The van der Waals surface area contributed by atoms with Crippen LogP contribution in [0, 0.1) is 0 Å². The molecule has 7 heteroatoms. The average Bonchev–Trinajstić information content (AvgIpc) is 2.96. The van der Waals surface area contributed by atoms with Gasteiger partial charge in [-0.1, -0.05) is 23.7 Å². The van der Waals surface area contributed by atoms with Crippen LogP contribution in [0.2, 0.25) is 5.02 Å². The number of carbonyl (C=O) groups excluding carboxylic acids is 2. The van der Waals surface area contributed by atoms with E-state index in [0.717, 1.165) is 0 Å². The van der Waals surface area contributed by atoms with Gasteiger partial charge in [-0.2, -0.15) is 0 Å². The number of likely N-dealkylation sites (N-methyl/N-ethyl adjacent to an activating group) is 1. The number of nitrogens with zero attached hydrogens (tertiary/aromatic N) is 2. The predicted octanol–water partition coefficient (Wildman–Crippen LogP) is 0.892. The Balaban J connectivity index is 1.71. The molecule has 0 saturated carbocycles. The Morgan fingerprint density at radius 3 is 2.91 bits per heavy atom. The number of hydrogen-bond acceptors (Lipinski definition) is 4. The summed E-state index contributed by atoms with van der Waals surface area (Å²) in [5, 5.41) is 3.67. The smallest absolute Gasteiger partial charge is 0.249 e. The van der Waals surface area contributed by atoms with Gasteiger partial charge in [0.25, 0.3) is 0 Å². The largest absolute Gasteiger partial charge is 0.378 e. The summed E-state index contributed by atoms with van der Waals surface area (Å²) in [6, 6.07) is 6.42. The molecule has 2 amide bonds. The molecule has 0 spiro atoms. The van der Waals surface area contributed by atoms with Crippen LogP contribution in [0.25, 0.3) is 0 Å². The summed E-state index contributed by atoms with van der Waals surface area (Å²) in [6.45, 7) is 2.16. The van der Waals surface area contributed by atoms with Crippen LogP contribution in [0.4, 0.5) is 5.69 Å². The second-order valence-corrected chi connectivity index (χ2v) is 6.18. The monoisotopic (exact) mass is 337 g/mol. The number of carbonyl (C=O) groups is 2. The zero-order valence-electron chi connectivity index (χ0n) is 13.0. The maximum absolute atomic E-state index is 12.7. The summed E-state index contributed by atoms with van der Waals surface area (Å²) in [7, 11) is 1.68. The molecular weight excluding hydrogens is 318 g/mol. The Morgan fingerprint density at radius 2 is 2.22 bits per heavy atom. The normalized spacial score (nSPS) is 24.8. The van der Waals surface area contributed by atoms with Crippen molar-refractivity contribution in [3.05, 3.63) is 29.3 Å². The minimum absolute atomic E-state index is 0.0920. The van der Waals surface area contributed by atoms with E-state index in [2.05, 4.69) is 5.32 Å². The molecule has 1 N–H and O–H groups in total. The molecule has 1 aromatic rings. The second-order valence-electron chi connectivity index (χ2n) is 5.78. The summed E-state index contributed by atoms with van der Waals surface area (Å²) in [5.74, 6) is -0.199. The molecule has 2 aliphatic rings. The van der Waals surface area contributed by atoms with Gasteiger partial charge in [0.15, 0.2) is 0 Å². The molecule has 2 atom stereocenters. The van der Waals surface area contributed by atoms with Crippen LogP contribution in [0.15, 0.2) is 24.3 Å². The highest BCUT2D eigenvalue weighted by atomic mass is 35.5. The van der Waals surface area contributed by atoms with Gasteiger partial charge in [-0.3, -0.25) is 9.59 Å². The lowest BCUT2D eigenvalue weighted by atomic mass is 10.1. The molecule has 3 rings (SSSR count). The van der Waals surface area contributed by atoms with Crippen LogP contribution < -0.4 is 10.2 Å². The van der Waals surface area contributed by atoms with Crippen LogP contribution in [0.3, 0.4) is 0 Å². The third kappa shape index (κ3) is 3.20. The lowest BCUT2D eigenvalue weighted by molar-refractivity contribution is -0.140. The van der Waals surface area contributed by atoms with E-state index < -0.39 is 6.04 Å². The Labute approximate surface area is 140 Å². The molecule has 0 radical (unpaired) electrons. The highest BCUT2D eigenvalue weighted by molar-refractivity contribution is 6.34. The van der Waals surface area contributed by atoms with Crippen LogP contribution >= 0.6 is 11.6 Å². The standard InChI is InChI=1S/C16H20ClN3O3/c1-19(15(21)12-10-23-9-7-18-12)14-6-8-20(16(14)22)13-5-3-2-4-11(13)17/h2-5,12,14,18H,6-10H2,1H3. The predicted molar refractivity (Wildman–Crippen MR) is 87.6 cm³/mol. The molecule has 0 aliphatic carbocycles. The van der Waals surface area contributed by atoms with Crippen molar-refractivity contribution in [2.45, 2.75) is 18.5 Å². The molecule has 2 heterocycles. The molecule has 0 aromatic heterocycles. The first-order valence-electron chi connectivity index (χ1n) is 7.73. The van der Waals surface area contributed by atoms with Crippen LogP contribution in [-0.2, 0) is 14.3 Å². The number of hydrogen-bond donors (Lipinski definition) is 1. The van der Waals surface area contributed by atoms with E-state index in [1.54, 1.807) is 18.0 Å². The van der Waals surface area contributed by atoms with Crippen LogP contribution in [0.1, 0.15) is 6.42 Å². The maximum Gasteiger partial charge on any atom is 0.249 e. The van der Waals surface area contributed by atoms with Crippen LogP contribution in [0.5, 0.6) is 0 Å². The fourth-order valence-corrected chi connectivity index (χ4v) is 3.30. The summed E-state index contributed by atoms with van der Waals surface area (Å²) in [4.78, 5) is 28.4. The Kier molecular flexibility index (Phi) is 4.84. The molecule has 1 aromatic carbocycles. The minimum atomic E-state index is -0.456. The molecule has 6 nitrogen and oxygen atoms in total. The number of nitrogens with one attached hydrogen (secondary N) is 1. The maximum atomic E-state index is 12.7. The third-order valence-electron chi connectivity index (χ3n) is 4.36. The zero-order valence-corrected chi connectivity index (χ0v) is 13.8. The molecular formula is C16H20ClN3O3. The van der Waals surface area contributed by atoms with Crippen molar-refractivity contribution < 1.29 is 14.3 Å². The summed E-state index contributed by atoms with van der Waals surface area (Å²) in [6.07, 6.45) is 0.597. The fourth-order valence-electron chi connectivity index (χ4n) is 3.06. The number of para-hydroxylation sites is 1. The van der Waals surface area contributed by atoms with E-state index in [1.165, 1.54) is 4.90 Å². The van der Waals surface area contributed by atoms with E-state index in [0.29, 0.717) is 43.4 Å². The Hall–Kier alpha value is -1.63. The highest BCUT2D eigenvalue weighted by Crippen LogP contribution is 2.30. The average molecular weight is 338 g/mol. The molecule has 0 bridgehead atoms. The molecule has 2 saturated heterocycles.